The van der Waals surface area contributed by atoms with Crippen molar-refractivity contribution >= 4 is 41.4 Å². The van der Waals surface area contributed by atoms with Crippen molar-refractivity contribution in [2.24, 2.45) is 5.73 Å². The number of nitrogens with zero attached hydrogens (tertiary/aromatic N) is 3. The number of aromatic amines is 1. The topological polar surface area (TPSA) is 162 Å². The van der Waals surface area contributed by atoms with Gasteiger partial charge in [0.2, 0.25) is 5.91 Å². The number of hydrogen-bond donors (Lipinski definition) is 4. The Morgan fingerprint density at radius 1 is 1.42 bits per heavy atom. The molecule has 5 N–H and O–H groups in total. The van der Waals surface area contributed by atoms with Gasteiger partial charge >= 0.3 is 11.9 Å². The molecule has 26 heavy (non-hydrogen) atoms. The van der Waals surface area contributed by atoms with Crippen molar-refractivity contribution < 1.29 is 24.6 Å². The van der Waals surface area contributed by atoms with E-state index in [1.165, 1.54) is 42.3 Å². The first kappa shape index (κ1) is 18.7. The van der Waals surface area contributed by atoms with Crippen molar-refractivity contribution in [2.75, 3.05) is 11.5 Å². The van der Waals surface area contributed by atoms with Gasteiger partial charge in [0.05, 0.1) is 0 Å². The minimum Gasteiger partial charge on any atom is -0.481 e. The van der Waals surface area contributed by atoms with Crippen LogP contribution in [-0.4, -0.2) is 71.3 Å². The average Bonchev–Trinajstić information content (AvgIpc) is 3.07. The second-order valence-electron chi connectivity index (χ2n) is 6.39. The lowest BCUT2D eigenvalue weighted by Crippen LogP contribution is -2.68. The highest BCUT2D eigenvalue weighted by atomic mass is 32.2. The molecule has 140 valence electrons. The van der Waals surface area contributed by atoms with Crippen molar-refractivity contribution in [1.82, 2.24) is 20.3 Å². The van der Waals surface area contributed by atoms with E-state index in [-0.39, 0.29) is 22.5 Å². The standard InChI is InChI=1S/C14H17N5O5S2/c1-14(2,13(23)24)8-9(17-18-16-8)25-3-5-4-26-11-6(15)10(20)19(11)7(5)12(21)22/h6,11H,3-4,15H2,1-2H3,(H,21,22)(H,23,24)(H,16,17,18)/t6?,11-/m0/s1. The number of thioether (sulfide) groups is 2. The SMILES string of the molecule is CC(C)(C(=O)O)c1n[nH]nc1SCC1=C(C(=O)O)N2C(=O)C(N)[C@@H]2SC1. The number of fused-ring (bicyclic) bond motifs is 1. The first-order valence-electron chi connectivity index (χ1n) is 7.59. The fraction of sp³-hybridized carbons (Fsp3) is 0.500. The monoisotopic (exact) mass is 399 g/mol. The molecule has 1 aromatic rings. The molecule has 3 heterocycles. The third-order valence-corrected chi connectivity index (χ3v) is 6.73. The maximum absolute atomic E-state index is 11.9. The Morgan fingerprint density at radius 3 is 2.73 bits per heavy atom. The lowest BCUT2D eigenvalue weighted by atomic mass is 9.90. The number of hydrogen-bond acceptors (Lipinski definition) is 8. The van der Waals surface area contributed by atoms with Crippen LogP contribution in [0.1, 0.15) is 19.5 Å². The first-order chi connectivity index (χ1) is 12.2. The Balaban J connectivity index is 1.84. The van der Waals surface area contributed by atoms with E-state index in [1.54, 1.807) is 0 Å². The Labute approximate surface area is 156 Å². The number of carboxylic acids is 2. The normalized spacial score (nSPS) is 22.9. The molecule has 0 saturated carbocycles. The van der Waals surface area contributed by atoms with Gasteiger partial charge in [0, 0.05) is 11.5 Å². The Bertz CT molecular complexity index is 820. The summed E-state index contributed by atoms with van der Waals surface area (Å²) in [4.78, 5) is 36.3. The number of aliphatic carboxylic acids is 2. The van der Waals surface area contributed by atoms with Gasteiger partial charge in [-0.25, -0.2) is 4.79 Å². The van der Waals surface area contributed by atoms with Gasteiger partial charge < -0.3 is 15.9 Å². The Hall–Kier alpha value is -2.05. The maximum Gasteiger partial charge on any atom is 0.352 e. The van der Waals surface area contributed by atoms with Gasteiger partial charge in [0.1, 0.15) is 33.2 Å². The molecule has 10 nitrogen and oxygen atoms in total. The lowest BCUT2D eigenvalue weighted by molar-refractivity contribution is -0.147. The summed E-state index contributed by atoms with van der Waals surface area (Å²) < 4.78 is 0. The summed E-state index contributed by atoms with van der Waals surface area (Å²) >= 11 is 2.60. The summed E-state index contributed by atoms with van der Waals surface area (Å²) in [6, 6.07) is -0.679. The van der Waals surface area contributed by atoms with Crippen molar-refractivity contribution in [3.05, 3.63) is 17.0 Å². The fourth-order valence-corrected chi connectivity index (χ4v) is 5.19. The third kappa shape index (κ3) is 2.87. The maximum atomic E-state index is 11.9. The highest BCUT2D eigenvalue weighted by Gasteiger charge is 2.51. The van der Waals surface area contributed by atoms with Gasteiger partial charge in [0.25, 0.3) is 0 Å². The number of carboxylic acid groups (broad SMARTS) is 2. The first-order valence-corrected chi connectivity index (χ1v) is 9.62. The van der Waals surface area contributed by atoms with Crippen LogP contribution in [0, 0.1) is 0 Å². The molecule has 0 aliphatic carbocycles. The van der Waals surface area contributed by atoms with E-state index >= 15 is 0 Å². The number of nitrogens with two attached hydrogens (primary N) is 1. The van der Waals surface area contributed by atoms with Gasteiger partial charge in [-0.15, -0.1) is 16.9 Å². The van der Waals surface area contributed by atoms with Crippen LogP contribution in [0.5, 0.6) is 0 Å². The summed E-state index contributed by atoms with van der Waals surface area (Å²) in [7, 11) is 0. The minimum atomic E-state index is -1.24. The van der Waals surface area contributed by atoms with E-state index in [1.807, 2.05) is 0 Å². The average molecular weight is 399 g/mol. The minimum absolute atomic E-state index is 0.0458. The third-order valence-electron chi connectivity index (χ3n) is 4.32. The van der Waals surface area contributed by atoms with Crippen LogP contribution in [0.2, 0.25) is 0 Å². The zero-order valence-corrected chi connectivity index (χ0v) is 15.6. The van der Waals surface area contributed by atoms with Crippen molar-refractivity contribution in [1.29, 1.82) is 0 Å². The van der Waals surface area contributed by atoms with Gasteiger partial charge in [-0.05, 0) is 19.4 Å². The molecule has 1 fully saturated rings. The number of carbonyl (C=O) groups is 3. The molecule has 1 amide bonds. The van der Waals surface area contributed by atoms with Crippen molar-refractivity contribution in [3.63, 3.8) is 0 Å². The molecule has 1 aromatic heterocycles. The molecular formula is C14H17N5O5S2. The van der Waals surface area contributed by atoms with E-state index in [9.17, 15) is 24.6 Å². The highest BCUT2D eigenvalue weighted by Crippen LogP contribution is 2.41. The molecule has 2 aliphatic heterocycles. The van der Waals surface area contributed by atoms with Gasteiger partial charge in [-0.1, -0.05) is 11.8 Å². The Kier molecular flexibility index (Phi) is 4.75. The van der Waals surface area contributed by atoms with Gasteiger partial charge in [-0.3, -0.25) is 14.5 Å². The van der Waals surface area contributed by atoms with Crippen LogP contribution < -0.4 is 5.73 Å². The quantitative estimate of drug-likeness (QED) is 0.373. The zero-order valence-electron chi connectivity index (χ0n) is 13.9. The lowest BCUT2D eigenvalue weighted by Gasteiger charge is -2.48. The van der Waals surface area contributed by atoms with Crippen LogP contribution in [0.25, 0.3) is 0 Å². The number of rotatable bonds is 6. The van der Waals surface area contributed by atoms with Crippen LogP contribution in [0.15, 0.2) is 16.3 Å². The summed E-state index contributed by atoms with van der Waals surface area (Å²) in [6.45, 7) is 3.03. The van der Waals surface area contributed by atoms with Crippen LogP contribution in [0.3, 0.4) is 0 Å². The predicted octanol–water partition coefficient (Wildman–Crippen LogP) is -0.160. The summed E-state index contributed by atoms with van der Waals surface area (Å²) in [6.07, 6.45) is 0. The van der Waals surface area contributed by atoms with Crippen LogP contribution in [0.4, 0.5) is 0 Å². The molecule has 1 saturated heterocycles. The van der Waals surface area contributed by atoms with E-state index in [2.05, 4.69) is 15.4 Å². The summed E-state index contributed by atoms with van der Waals surface area (Å²) in [5, 5.41) is 29.2. The summed E-state index contributed by atoms with van der Waals surface area (Å²) in [5.41, 5.74) is 5.27. The predicted molar refractivity (Wildman–Crippen MR) is 93.5 cm³/mol. The van der Waals surface area contributed by atoms with E-state index in [0.29, 0.717) is 16.4 Å². The number of carbonyl (C=O) groups excluding carboxylic acids is 1. The molecule has 0 bridgehead atoms. The second kappa shape index (κ2) is 6.59. The zero-order chi connectivity index (χ0) is 19.2. The number of β-lactam (4-membered cyclic amide) rings is 1. The Morgan fingerprint density at radius 2 is 2.12 bits per heavy atom. The smallest absolute Gasteiger partial charge is 0.352 e. The van der Waals surface area contributed by atoms with Gasteiger partial charge in [0.15, 0.2) is 0 Å². The largest absolute Gasteiger partial charge is 0.481 e. The van der Waals surface area contributed by atoms with Crippen molar-refractivity contribution in [3.8, 4) is 0 Å². The number of H-pyrrole nitrogens is 1. The molecule has 0 aromatic carbocycles. The van der Waals surface area contributed by atoms with Crippen molar-refractivity contribution in [2.45, 2.75) is 35.7 Å². The van der Waals surface area contributed by atoms with Crippen LogP contribution in [-0.2, 0) is 19.8 Å². The molecule has 1 unspecified atom stereocenters. The molecule has 3 rings (SSSR count). The molecule has 12 heteroatoms. The van der Waals surface area contributed by atoms with Gasteiger partial charge in [-0.2, -0.15) is 10.3 Å². The van der Waals surface area contributed by atoms with E-state index < -0.39 is 29.3 Å². The molecule has 2 aliphatic rings. The summed E-state index contributed by atoms with van der Waals surface area (Å²) in [5.74, 6) is -1.97. The van der Waals surface area contributed by atoms with Crippen LogP contribution >= 0.6 is 23.5 Å². The fourth-order valence-electron chi connectivity index (χ4n) is 2.68. The molecule has 0 spiro atoms. The van der Waals surface area contributed by atoms with E-state index in [4.69, 9.17) is 5.73 Å². The number of nitrogens with one attached hydrogen (secondary N) is 1. The number of aromatic nitrogens is 3. The van der Waals surface area contributed by atoms with E-state index in [0.717, 1.165) is 0 Å². The molecular weight excluding hydrogens is 382 g/mol. The highest BCUT2D eigenvalue weighted by molar-refractivity contribution is 8.01. The molecule has 0 radical (unpaired) electrons. The number of amides is 1. The molecule has 2 atom stereocenters. The second-order valence-corrected chi connectivity index (χ2v) is 8.46.